The van der Waals surface area contributed by atoms with Crippen molar-refractivity contribution in [3.63, 3.8) is 0 Å². The highest BCUT2D eigenvalue weighted by atomic mass is 35.5. The van der Waals surface area contributed by atoms with E-state index in [0.29, 0.717) is 11.6 Å². The third kappa shape index (κ3) is 6.88. The van der Waals surface area contributed by atoms with Crippen LogP contribution in [0.2, 0.25) is 10.0 Å². The number of hydrogen-bond donors (Lipinski definition) is 2. The van der Waals surface area contributed by atoms with Gasteiger partial charge in [0, 0.05) is 0 Å². The molecule has 12 heteroatoms. The predicted molar refractivity (Wildman–Crippen MR) is 127 cm³/mol. The summed E-state index contributed by atoms with van der Waals surface area (Å²) in [4.78, 5) is 12.9. The molecule has 0 bridgehead atoms. The number of benzene rings is 3. The monoisotopic (exact) mass is 546 g/mol. The van der Waals surface area contributed by atoms with Gasteiger partial charge < -0.3 is 10.1 Å². The number of carbonyl (C=O) groups is 1. The quantitative estimate of drug-likeness (QED) is 0.388. The van der Waals surface area contributed by atoms with Crippen molar-refractivity contribution in [2.45, 2.75) is 23.5 Å². The summed E-state index contributed by atoms with van der Waals surface area (Å²) in [5, 5.41) is 2.20. The van der Waals surface area contributed by atoms with E-state index in [1.54, 1.807) is 30.3 Å². The number of amides is 1. The minimum Gasteiger partial charge on any atom is -0.495 e. The first-order valence-corrected chi connectivity index (χ1v) is 12.2. The van der Waals surface area contributed by atoms with Crippen LogP contribution in [0.1, 0.15) is 11.1 Å². The van der Waals surface area contributed by atoms with Crippen molar-refractivity contribution in [1.29, 1.82) is 0 Å². The van der Waals surface area contributed by atoms with E-state index in [1.165, 1.54) is 19.2 Å². The number of nitrogens with one attached hydrogen (secondary N) is 2. The number of ether oxygens (including phenoxy) is 1. The van der Waals surface area contributed by atoms with Crippen LogP contribution in [-0.4, -0.2) is 27.5 Å². The summed E-state index contributed by atoms with van der Waals surface area (Å²) >= 11 is 12.0. The van der Waals surface area contributed by atoms with E-state index in [0.717, 1.165) is 18.2 Å². The maximum absolute atomic E-state index is 13.1. The molecule has 0 aliphatic heterocycles. The fraction of sp³-hybridized carbons (Fsp3) is 0.174. The molecule has 35 heavy (non-hydrogen) atoms. The Morgan fingerprint density at radius 2 is 1.69 bits per heavy atom. The fourth-order valence-corrected chi connectivity index (χ4v) is 4.83. The van der Waals surface area contributed by atoms with Crippen LogP contribution in [0.15, 0.2) is 71.6 Å². The van der Waals surface area contributed by atoms with Gasteiger partial charge in [0.25, 0.3) is 0 Å². The molecule has 0 unspecified atom stereocenters. The summed E-state index contributed by atoms with van der Waals surface area (Å²) in [6, 6.07) is 13.3. The summed E-state index contributed by atoms with van der Waals surface area (Å²) < 4.78 is 72.7. The molecule has 0 aromatic heterocycles. The van der Waals surface area contributed by atoms with Crippen LogP contribution in [-0.2, 0) is 27.4 Å². The maximum atomic E-state index is 13.1. The second-order valence-corrected chi connectivity index (χ2v) is 9.87. The molecule has 1 amide bonds. The van der Waals surface area contributed by atoms with Gasteiger partial charge in [-0.25, -0.2) is 8.42 Å². The van der Waals surface area contributed by atoms with Gasteiger partial charge in [-0.3, -0.25) is 4.79 Å². The summed E-state index contributed by atoms with van der Waals surface area (Å²) in [7, 11) is -2.90. The molecule has 3 rings (SSSR count). The Hall–Kier alpha value is -2.79. The van der Waals surface area contributed by atoms with Crippen molar-refractivity contribution in [2.24, 2.45) is 0 Å². The minimum absolute atomic E-state index is 0.0372. The lowest BCUT2D eigenvalue weighted by atomic mass is 10.1. The first-order chi connectivity index (χ1) is 16.4. The van der Waals surface area contributed by atoms with Gasteiger partial charge in [0.1, 0.15) is 11.8 Å². The van der Waals surface area contributed by atoms with E-state index in [4.69, 9.17) is 27.9 Å². The van der Waals surface area contributed by atoms with Crippen LogP contribution in [0.25, 0.3) is 0 Å². The third-order valence-electron chi connectivity index (χ3n) is 4.88. The second-order valence-electron chi connectivity index (χ2n) is 7.34. The van der Waals surface area contributed by atoms with Crippen molar-refractivity contribution in [1.82, 2.24) is 4.72 Å². The summed E-state index contributed by atoms with van der Waals surface area (Å²) in [6.07, 6.45) is -4.75. The standard InChI is InChI=1S/C23H19Cl2F3N2O4S/c1-34-21-10-8-16(13-18(21)25)35(32,33)30-20(11-14-5-3-2-4-6-14)22(31)29-19-12-15(23(26,27)28)7-9-17(19)24/h2-10,12-13,20,30H,11H2,1H3,(H,29,31)/t20-/m0/s1. The van der Waals surface area contributed by atoms with E-state index < -0.39 is 33.7 Å². The zero-order valence-corrected chi connectivity index (χ0v) is 20.4. The molecule has 0 fully saturated rings. The average Bonchev–Trinajstić information content (AvgIpc) is 2.79. The number of halogens is 5. The molecule has 3 aromatic carbocycles. The molecular weight excluding hydrogens is 528 g/mol. The molecule has 186 valence electrons. The lowest BCUT2D eigenvalue weighted by Gasteiger charge is -2.20. The van der Waals surface area contributed by atoms with E-state index in [2.05, 4.69) is 10.0 Å². The number of hydrogen-bond acceptors (Lipinski definition) is 4. The van der Waals surface area contributed by atoms with Gasteiger partial charge >= 0.3 is 6.18 Å². The van der Waals surface area contributed by atoms with Gasteiger partial charge in [-0.15, -0.1) is 0 Å². The molecule has 1 atom stereocenters. The first-order valence-electron chi connectivity index (χ1n) is 9.98. The van der Waals surface area contributed by atoms with Gasteiger partial charge in [0.2, 0.25) is 15.9 Å². The fourth-order valence-electron chi connectivity index (χ4n) is 3.12. The lowest BCUT2D eigenvalue weighted by Crippen LogP contribution is -2.45. The van der Waals surface area contributed by atoms with Gasteiger partial charge in [-0.1, -0.05) is 53.5 Å². The molecule has 0 saturated heterocycles. The lowest BCUT2D eigenvalue weighted by molar-refractivity contribution is -0.137. The summed E-state index contributed by atoms with van der Waals surface area (Å²) in [5.41, 5.74) is -0.722. The minimum atomic E-state index is -4.66. The highest BCUT2D eigenvalue weighted by Gasteiger charge is 2.32. The third-order valence-corrected chi connectivity index (χ3v) is 6.98. The van der Waals surface area contributed by atoms with Crippen LogP contribution in [0, 0.1) is 0 Å². The maximum Gasteiger partial charge on any atom is 0.416 e. The Labute approximate surface area is 210 Å². The smallest absolute Gasteiger partial charge is 0.416 e. The number of carbonyl (C=O) groups excluding carboxylic acids is 1. The van der Waals surface area contributed by atoms with Crippen molar-refractivity contribution < 1.29 is 31.1 Å². The second kappa shape index (κ2) is 10.9. The van der Waals surface area contributed by atoms with Crippen molar-refractivity contribution in [3.8, 4) is 5.75 Å². The SMILES string of the molecule is COc1ccc(S(=O)(=O)N[C@@H](Cc2ccccc2)C(=O)Nc2cc(C(F)(F)F)ccc2Cl)cc1Cl. The number of methoxy groups -OCH3 is 1. The molecule has 3 aromatic rings. The highest BCUT2D eigenvalue weighted by Crippen LogP contribution is 2.34. The number of sulfonamides is 1. The Kier molecular flexibility index (Phi) is 8.32. The predicted octanol–water partition coefficient (Wildman–Crippen LogP) is 5.55. The van der Waals surface area contributed by atoms with E-state index in [9.17, 15) is 26.4 Å². The normalized spacial score (nSPS) is 12.7. The van der Waals surface area contributed by atoms with E-state index in [-0.39, 0.29) is 32.8 Å². The molecule has 0 aliphatic rings. The van der Waals surface area contributed by atoms with Gasteiger partial charge in [0.05, 0.1) is 33.3 Å². The molecule has 0 heterocycles. The molecule has 0 radical (unpaired) electrons. The number of anilines is 1. The zero-order chi connectivity index (χ0) is 25.8. The summed E-state index contributed by atoms with van der Waals surface area (Å²) in [6.45, 7) is 0. The van der Waals surface area contributed by atoms with Crippen LogP contribution in [0.3, 0.4) is 0 Å². The van der Waals surface area contributed by atoms with Gasteiger partial charge in [-0.05, 0) is 48.4 Å². The number of alkyl halides is 3. The Bertz CT molecular complexity index is 1320. The van der Waals surface area contributed by atoms with Crippen molar-refractivity contribution in [2.75, 3.05) is 12.4 Å². The highest BCUT2D eigenvalue weighted by molar-refractivity contribution is 7.89. The van der Waals surface area contributed by atoms with Crippen molar-refractivity contribution in [3.05, 3.63) is 87.9 Å². The molecule has 0 saturated carbocycles. The molecular formula is C23H19Cl2F3N2O4S. The first kappa shape index (κ1) is 26.8. The van der Waals surface area contributed by atoms with E-state index in [1.807, 2.05) is 0 Å². The Balaban J connectivity index is 1.93. The van der Waals surface area contributed by atoms with Crippen LogP contribution < -0.4 is 14.8 Å². The largest absolute Gasteiger partial charge is 0.495 e. The number of rotatable bonds is 8. The zero-order valence-electron chi connectivity index (χ0n) is 18.1. The Morgan fingerprint density at radius 3 is 2.29 bits per heavy atom. The van der Waals surface area contributed by atoms with E-state index >= 15 is 0 Å². The molecule has 0 spiro atoms. The van der Waals surface area contributed by atoms with Crippen LogP contribution in [0.4, 0.5) is 18.9 Å². The molecule has 0 aliphatic carbocycles. The summed E-state index contributed by atoms with van der Waals surface area (Å²) in [5.74, 6) is -0.651. The topological polar surface area (TPSA) is 84.5 Å². The van der Waals surface area contributed by atoms with Crippen LogP contribution >= 0.6 is 23.2 Å². The average molecular weight is 547 g/mol. The Morgan fingerprint density at radius 1 is 1.00 bits per heavy atom. The molecule has 6 nitrogen and oxygen atoms in total. The van der Waals surface area contributed by atoms with Crippen LogP contribution in [0.5, 0.6) is 5.75 Å². The van der Waals surface area contributed by atoms with Gasteiger partial charge in [-0.2, -0.15) is 17.9 Å². The van der Waals surface area contributed by atoms with Gasteiger partial charge in [0.15, 0.2) is 0 Å². The molecule has 2 N–H and O–H groups in total. The van der Waals surface area contributed by atoms with Crippen molar-refractivity contribution >= 4 is 44.8 Å².